The van der Waals surface area contributed by atoms with E-state index >= 15 is 0 Å². The Balaban J connectivity index is 1.74. The number of nitrogens with zero attached hydrogens (tertiary/aromatic N) is 1. The number of carbonyl (C=O) groups excluding carboxylic acids is 2. The summed E-state index contributed by atoms with van der Waals surface area (Å²) < 4.78 is 5.35. The maximum Gasteiger partial charge on any atom is 0.240 e. The van der Waals surface area contributed by atoms with Gasteiger partial charge in [0.1, 0.15) is 5.75 Å². The van der Waals surface area contributed by atoms with E-state index in [4.69, 9.17) is 27.9 Å². The van der Waals surface area contributed by atoms with Crippen LogP contribution >= 0.6 is 23.2 Å². The number of nitrogens with one attached hydrogen (secondary N) is 2. The summed E-state index contributed by atoms with van der Waals surface area (Å²) in [5.41, 5.74) is 3.64. The van der Waals surface area contributed by atoms with Crippen LogP contribution in [0.15, 0.2) is 47.6 Å². The van der Waals surface area contributed by atoms with Crippen LogP contribution in [-0.4, -0.2) is 24.6 Å². The summed E-state index contributed by atoms with van der Waals surface area (Å²) in [5, 5.41) is 7.31. The molecule has 0 saturated carbocycles. The summed E-state index contributed by atoms with van der Waals surface area (Å²) in [5.74, 6) is 0.0740. The quantitative estimate of drug-likeness (QED) is 0.506. The molecule has 0 saturated heterocycles. The molecule has 0 spiro atoms. The van der Waals surface area contributed by atoms with Crippen LogP contribution in [0.3, 0.4) is 0 Å². The van der Waals surface area contributed by atoms with Crippen LogP contribution in [0.5, 0.6) is 5.75 Å². The van der Waals surface area contributed by atoms with Gasteiger partial charge in [-0.15, -0.1) is 0 Å². The van der Waals surface area contributed by atoms with Crippen LogP contribution in [0.2, 0.25) is 10.0 Å². The standard InChI is InChI=1S/C19H19Cl2N3O3/c1-2-27-15-6-3-13(4-7-15)12-22-24-19(26)10-9-18(25)23-17-8-5-14(20)11-16(17)21/h3-8,11-12H,2,9-10H2,1H3,(H,23,25)(H,24,26)/b22-12+. The van der Waals surface area contributed by atoms with Crippen molar-refractivity contribution in [1.82, 2.24) is 5.43 Å². The fraction of sp³-hybridized carbons (Fsp3) is 0.211. The number of halogens is 2. The summed E-state index contributed by atoms with van der Waals surface area (Å²) in [6, 6.07) is 12.0. The lowest BCUT2D eigenvalue weighted by atomic mass is 10.2. The minimum atomic E-state index is -0.366. The zero-order chi connectivity index (χ0) is 19.6. The molecule has 0 fully saturated rings. The van der Waals surface area contributed by atoms with Crippen molar-refractivity contribution in [1.29, 1.82) is 0 Å². The van der Waals surface area contributed by atoms with Crippen molar-refractivity contribution in [2.45, 2.75) is 19.8 Å². The minimum Gasteiger partial charge on any atom is -0.494 e. The second-order valence-electron chi connectivity index (χ2n) is 5.47. The van der Waals surface area contributed by atoms with E-state index in [1.807, 2.05) is 31.2 Å². The zero-order valence-electron chi connectivity index (χ0n) is 14.7. The number of hydrazone groups is 1. The molecule has 0 bridgehead atoms. The Labute approximate surface area is 167 Å². The summed E-state index contributed by atoms with van der Waals surface area (Å²) in [6.45, 7) is 2.51. The van der Waals surface area contributed by atoms with Gasteiger partial charge in [0.05, 0.1) is 23.5 Å². The van der Waals surface area contributed by atoms with E-state index in [1.54, 1.807) is 12.1 Å². The monoisotopic (exact) mass is 407 g/mol. The van der Waals surface area contributed by atoms with Gasteiger partial charge in [-0.2, -0.15) is 5.10 Å². The van der Waals surface area contributed by atoms with Crippen LogP contribution in [-0.2, 0) is 9.59 Å². The van der Waals surface area contributed by atoms with Gasteiger partial charge < -0.3 is 10.1 Å². The summed E-state index contributed by atoms with van der Waals surface area (Å²) in [4.78, 5) is 23.7. The molecule has 142 valence electrons. The Kier molecular flexibility index (Phi) is 8.10. The molecule has 0 radical (unpaired) electrons. The van der Waals surface area contributed by atoms with Crippen LogP contribution in [0.4, 0.5) is 5.69 Å². The van der Waals surface area contributed by atoms with Crippen LogP contribution in [0.25, 0.3) is 0 Å². The van der Waals surface area contributed by atoms with E-state index in [9.17, 15) is 9.59 Å². The highest BCUT2D eigenvalue weighted by Crippen LogP contribution is 2.25. The Morgan fingerprint density at radius 1 is 1.07 bits per heavy atom. The molecule has 6 nitrogen and oxygen atoms in total. The summed E-state index contributed by atoms with van der Waals surface area (Å²) in [6.07, 6.45) is 1.52. The largest absolute Gasteiger partial charge is 0.494 e. The van der Waals surface area contributed by atoms with E-state index in [0.29, 0.717) is 22.3 Å². The number of hydrogen-bond acceptors (Lipinski definition) is 4. The molecule has 0 aliphatic heterocycles. The molecule has 2 N–H and O–H groups in total. The molecular weight excluding hydrogens is 389 g/mol. The SMILES string of the molecule is CCOc1ccc(/C=N/NC(=O)CCC(=O)Nc2ccc(Cl)cc2Cl)cc1. The predicted octanol–water partition coefficient (Wildman–Crippen LogP) is 4.26. The Morgan fingerprint density at radius 3 is 2.44 bits per heavy atom. The Bertz CT molecular complexity index is 823. The first kappa shape index (κ1) is 20.7. The molecule has 2 rings (SSSR count). The molecular formula is C19H19Cl2N3O3. The second-order valence-corrected chi connectivity index (χ2v) is 6.31. The van der Waals surface area contributed by atoms with Gasteiger partial charge in [-0.3, -0.25) is 9.59 Å². The Hall–Kier alpha value is -2.57. The number of ether oxygens (including phenoxy) is 1. The summed E-state index contributed by atoms with van der Waals surface area (Å²) in [7, 11) is 0. The number of benzene rings is 2. The van der Waals surface area contributed by atoms with Gasteiger partial charge in [-0.1, -0.05) is 23.2 Å². The van der Waals surface area contributed by atoms with Crippen LogP contribution in [0.1, 0.15) is 25.3 Å². The average Bonchev–Trinajstić information content (AvgIpc) is 2.64. The lowest BCUT2D eigenvalue weighted by molar-refractivity contribution is -0.124. The van der Waals surface area contributed by atoms with Gasteiger partial charge in [0.25, 0.3) is 0 Å². The van der Waals surface area contributed by atoms with Crippen molar-refractivity contribution < 1.29 is 14.3 Å². The maximum absolute atomic E-state index is 11.9. The maximum atomic E-state index is 11.9. The highest BCUT2D eigenvalue weighted by Gasteiger charge is 2.09. The number of hydrogen-bond donors (Lipinski definition) is 2. The lowest BCUT2D eigenvalue weighted by Gasteiger charge is -2.07. The van der Waals surface area contributed by atoms with Gasteiger partial charge >= 0.3 is 0 Å². The highest BCUT2D eigenvalue weighted by molar-refractivity contribution is 6.36. The molecule has 8 heteroatoms. The smallest absolute Gasteiger partial charge is 0.240 e. The van der Waals surface area contributed by atoms with E-state index in [1.165, 1.54) is 12.3 Å². The first-order chi connectivity index (χ1) is 13.0. The number of carbonyl (C=O) groups is 2. The van der Waals surface area contributed by atoms with E-state index in [-0.39, 0.29) is 24.7 Å². The van der Waals surface area contributed by atoms with Crippen molar-refractivity contribution in [3.8, 4) is 5.75 Å². The van der Waals surface area contributed by atoms with E-state index < -0.39 is 0 Å². The topological polar surface area (TPSA) is 79.8 Å². The third kappa shape index (κ3) is 7.29. The summed E-state index contributed by atoms with van der Waals surface area (Å²) >= 11 is 11.8. The van der Waals surface area contributed by atoms with E-state index in [2.05, 4.69) is 15.8 Å². The second kappa shape index (κ2) is 10.5. The third-order valence-electron chi connectivity index (χ3n) is 3.38. The minimum absolute atomic E-state index is 0.00232. The third-order valence-corrected chi connectivity index (χ3v) is 3.93. The molecule has 0 aliphatic carbocycles. The Morgan fingerprint density at radius 2 is 1.78 bits per heavy atom. The molecule has 0 heterocycles. The van der Waals surface area contributed by atoms with Crippen molar-refractivity contribution in [2.75, 3.05) is 11.9 Å². The molecule has 0 unspecified atom stereocenters. The van der Waals surface area contributed by atoms with Crippen LogP contribution in [0, 0.1) is 0 Å². The van der Waals surface area contributed by atoms with Crippen molar-refractivity contribution in [3.63, 3.8) is 0 Å². The van der Waals surface area contributed by atoms with Crippen molar-refractivity contribution >= 4 is 46.9 Å². The first-order valence-electron chi connectivity index (χ1n) is 8.27. The van der Waals surface area contributed by atoms with Gasteiger partial charge in [0, 0.05) is 17.9 Å². The van der Waals surface area contributed by atoms with Crippen molar-refractivity contribution in [3.05, 3.63) is 58.1 Å². The fourth-order valence-corrected chi connectivity index (χ4v) is 2.54. The molecule has 2 aromatic carbocycles. The average molecular weight is 408 g/mol. The van der Waals surface area contributed by atoms with Crippen LogP contribution < -0.4 is 15.5 Å². The number of rotatable bonds is 8. The highest BCUT2D eigenvalue weighted by atomic mass is 35.5. The number of anilines is 1. The van der Waals surface area contributed by atoms with E-state index in [0.717, 1.165) is 11.3 Å². The molecule has 2 aromatic rings. The normalized spacial score (nSPS) is 10.6. The number of amides is 2. The van der Waals surface area contributed by atoms with Gasteiger partial charge in [-0.25, -0.2) is 5.43 Å². The fourth-order valence-electron chi connectivity index (χ4n) is 2.08. The molecule has 0 aromatic heterocycles. The van der Waals surface area contributed by atoms with Gasteiger partial charge in [0.2, 0.25) is 11.8 Å². The molecule has 0 aliphatic rings. The lowest BCUT2D eigenvalue weighted by Crippen LogP contribution is -2.20. The molecule has 27 heavy (non-hydrogen) atoms. The predicted molar refractivity (Wildman–Crippen MR) is 108 cm³/mol. The first-order valence-corrected chi connectivity index (χ1v) is 9.03. The zero-order valence-corrected chi connectivity index (χ0v) is 16.2. The van der Waals surface area contributed by atoms with Gasteiger partial charge in [-0.05, 0) is 55.0 Å². The molecule has 0 atom stereocenters. The van der Waals surface area contributed by atoms with Crippen molar-refractivity contribution in [2.24, 2.45) is 5.10 Å². The van der Waals surface area contributed by atoms with Gasteiger partial charge in [0.15, 0.2) is 0 Å². The molecule has 2 amide bonds.